The van der Waals surface area contributed by atoms with Crippen molar-refractivity contribution >= 4 is 23.3 Å². The molecule has 2 rings (SSSR count). The molecule has 0 aliphatic rings. The third-order valence-electron chi connectivity index (χ3n) is 2.02. The first-order chi connectivity index (χ1) is 6.16. The summed E-state index contributed by atoms with van der Waals surface area (Å²) in [4.78, 5) is 7.53. The summed E-state index contributed by atoms with van der Waals surface area (Å²) in [5, 5.41) is 0. The van der Waals surface area contributed by atoms with Crippen molar-refractivity contribution < 1.29 is 0 Å². The Morgan fingerprint density at radius 1 is 1.31 bits per heavy atom. The molecule has 0 saturated carbocycles. The Morgan fingerprint density at radius 2 is 2.08 bits per heavy atom. The van der Waals surface area contributed by atoms with Crippen molar-refractivity contribution in [3.8, 4) is 0 Å². The van der Waals surface area contributed by atoms with E-state index in [1.54, 1.807) is 0 Å². The fourth-order valence-electron chi connectivity index (χ4n) is 1.29. The second kappa shape index (κ2) is 2.92. The van der Waals surface area contributed by atoms with Gasteiger partial charge in [0.2, 0.25) is 0 Å². The van der Waals surface area contributed by atoms with E-state index < -0.39 is 0 Å². The minimum Gasteiger partial charge on any atom is -0.343 e. The first-order valence-corrected chi connectivity index (χ1v) is 4.55. The Kier molecular flexibility index (Phi) is 1.88. The van der Waals surface area contributed by atoms with Gasteiger partial charge in [-0.2, -0.15) is 0 Å². The molecule has 0 aliphatic carbocycles. The number of aromatic nitrogens is 2. The van der Waals surface area contributed by atoms with Crippen LogP contribution in [0.5, 0.6) is 0 Å². The maximum atomic E-state index is 5.11. The summed E-state index contributed by atoms with van der Waals surface area (Å²) in [6, 6.07) is 6.10. The zero-order valence-corrected chi connectivity index (χ0v) is 8.40. The number of aryl methyl sites for hydroxylation is 2. The molecule has 0 saturated heterocycles. The van der Waals surface area contributed by atoms with Crippen LogP contribution in [-0.4, -0.2) is 9.97 Å². The lowest BCUT2D eigenvalue weighted by atomic mass is 10.2. The molecule has 0 fully saturated rings. The number of hydrogen-bond acceptors (Lipinski definition) is 2. The van der Waals surface area contributed by atoms with Crippen molar-refractivity contribution in [2.24, 2.45) is 0 Å². The van der Waals surface area contributed by atoms with Crippen LogP contribution >= 0.6 is 12.2 Å². The second-order valence-corrected chi connectivity index (χ2v) is 3.58. The standard InChI is InChI=1S/C10H10N2S/c1-6-3-4-8-9(5-6)12-10(13)7(2)11-8/h3-5H,1-2H3,(H,12,13). The lowest BCUT2D eigenvalue weighted by Crippen LogP contribution is -1.89. The van der Waals surface area contributed by atoms with Crippen LogP contribution in [0, 0.1) is 18.5 Å². The highest BCUT2D eigenvalue weighted by atomic mass is 32.1. The van der Waals surface area contributed by atoms with Crippen molar-refractivity contribution in [1.82, 2.24) is 9.97 Å². The summed E-state index contributed by atoms with van der Waals surface area (Å²) in [6.45, 7) is 3.97. The van der Waals surface area contributed by atoms with E-state index in [1.165, 1.54) is 5.56 Å². The van der Waals surface area contributed by atoms with Crippen molar-refractivity contribution in [1.29, 1.82) is 0 Å². The third kappa shape index (κ3) is 1.47. The van der Waals surface area contributed by atoms with Crippen LogP contribution in [0.15, 0.2) is 18.2 Å². The van der Waals surface area contributed by atoms with E-state index in [0.717, 1.165) is 21.4 Å². The van der Waals surface area contributed by atoms with Crippen molar-refractivity contribution in [3.05, 3.63) is 34.1 Å². The molecule has 0 atom stereocenters. The van der Waals surface area contributed by atoms with Gasteiger partial charge in [-0.05, 0) is 31.5 Å². The molecule has 1 aromatic heterocycles. The highest BCUT2D eigenvalue weighted by Gasteiger charge is 1.97. The zero-order chi connectivity index (χ0) is 9.42. The largest absolute Gasteiger partial charge is 0.343 e. The maximum Gasteiger partial charge on any atom is 0.125 e. The van der Waals surface area contributed by atoms with Crippen LogP contribution < -0.4 is 0 Å². The molecule has 2 nitrogen and oxygen atoms in total. The van der Waals surface area contributed by atoms with Gasteiger partial charge in [0.1, 0.15) is 4.64 Å². The van der Waals surface area contributed by atoms with E-state index in [4.69, 9.17) is 12.2 Å². The molecule has 2 aromatic rings. The Morgan fingerprint density at radius 3 is 2.85 bits per heavy atom. The number of fused-ring (bicyclic) bond motifs is 1. The Labute approximate surface area is 81.6 Å². The number of H-pyrrole nitrogens is 1. The molecule has 1 N–H and O–H groups in total. The molecule has 0 bridgehead atoms. The molecule has 13 heavy (non-hydrogen) atoms. The lowest BCUT2D eigenvalue weighted by Gasteiger charge is -2.00. The second-order valence-electron chi connectivity index (χ2n) is 3.17. The van der Waals surface area contributed by atoms with Crippen LogP contribution in [0.3, 0.4) is 0 Å². The fourth-order valence-corrected chi connectivity index (χ4v) is 1.45. The van der Waals surface area contributed by atoms with Gasteiger partial charge < -0.3 is 4.98 Å². The number of rotatable bonds is 0. The molecule has 0 radical (unpaired) electrons. The van der Waals surface area contributed by atoms with Crippen molar-refractivity contribution in [2.45, 2.75) is 13.8 Å². The van der Waals surface area contributed by atoms with Crippen molar-refractivity contribution in [3.63, 3.8) is 0 Å². The Hall–Kier alpha value is -1.22. The molecular formula is C10H10N2S. The van der Waals surface area contributed by atoms with Crippen LogP contribution in [0.4, 0.5) is 0 Å². The molecule has 1 aromatic carbocycles. The Balaban J connectivity index is 2.89. The number of nitrogens with one attached hydrogen (secondary N) is 1. The maximum absolute atomic E-state index is 5.11. The van der Waals surface area contributed by atoms with Gasteiger partial charge in [-0.1, -0.05) is 18.3 Å². The predicted octanol–water partition coefficient (Wildman–Crippen LogP) is 2.91. The molecule has 66 valence electrons. The van der Waals surface area contributed by atoms with E-state index in [0.29, 0.717) is 0 Å². The van der Waals surface area contributed by atoms with Gasteiger partial charge in [-0.25, -0.2) is 4.98 Å². The number of hydrogen-bond donors (Lipinski definition) is 1. The van der Waals surface area contributed by atoms with E-state index in [1.807, 2.05) is 19.1 Å². The van der Waals surface area contributed by atoms with Crippen molar-refractivity contribution in [2.75, 3.05) is 0 Å². The normalized spacial score (nSPS) is 10.6. The highest BCUT2D eigenvalue weighted by molar-refractivity contribution is 7.71. The average molecular weight is 190 g/mol. The van der Waals surface area contributed by atoms with Gasteiger partial charge in [0.05, 0.1) is 16.7 Å². The topological polar surface area (TPSA) is 28.7 Å². The van der Waals surface area contributed by atoms with Crippen LogP contribution in [0.1, 0.15) is 11.3 Å². The van der Waals surface area contributed by atoms with Crippen LogP contribution in [0.2, 0.25) is 0 Å². The molecule has 0 unspecified atom stereocenters. The van der Waals surface area contributed by atoms with E-state index in [2.05, 4.69) is 23.0 Å². The monoisotopic (exact) mass is 190 g/mol. The zero-order valence-electron chi connectivity index (χ0n) is 7.59. The fraction of sp³-hybridized carbons (Fsp3) is 0.200. The average Bonchev–Trinajstić information content (AvgIpc) is 2.08. The molecule has 1 heterocycles. The van der Waals surface area contributed by atoms with Crippen LogP contribution in [-0.2, 0) is 0 Å². The van der Waals surface area contributed by atoms with E-state index >= 15 is 0 Å². The predicted molar refractivity (Wildman–Crippen MR) is 56.4 cm³/mol. The number of benzene rings is 1. The van der Waals surface area contributed by atoms with E-state index in [9.17, 15) is 0 Å². The lowest BCUT2D eigenvalue weighted by molar-refractivity contribution is 1.16. The summed E-state index contributed by atoms with van der Waals surface area (Å²) in [5.74, 6) is 0. The smallest absolute Gasteiger partial charge is 0.125 e. The van der Waals surface area contributed by atoms with Gasteiger partial charge in [0, 0.05) is 0 Å². The van der Waals surface area contributed by atoms with Crippen LogP contribution in [0.25, 0.3) is 11.0 Å². The summed E-state index contributed by atoms with van der Waals surface area (Å²) >= 11 is 5.11. The molecule has 0 aliphatic heterocycles. The van der Waals surface area contributed by atoms with Gasteiger partial charge >= 0.3 is 0 Å². The minimum atomic E-state index is 0.720. The number of aromatic amines is 1. The minimum absolute atomic E-state index is 0.720. The summed E-state index contributed by atoms with van der Waals surface area (Å²) in [7, 11) is 0. The molecule has 0 amide bonds. The van der Waals surface area contributed by atoms with E-state index in [-0.39, 0.29) is 0 Å². The summed E-state index contributed by atoms with van der Waals surface area (Å²) in [6.07, 6.45) is 0. The third-order valence-corrected chi connectivity index (χ3v) is 2.41. The van der Waals surface area contributed by atoms with Gasteiger partial charge in [-0.3, -0.25) is 0 Å². The summed E-state index contributed by atoms with van der Waals surface area (Å²) in [5.41, 5.74) is 4.07. The first kappa shape index (κ1) is 8.38. The highest BCUT2D eigenvalue weighted by Crippen LogP contribution is 2.11. The molecule has 3 heteroatoms. The number of nitrogens with zero attached hydrogens (tertiary/aromatic N) is 1. The Bertz CT molecular complexity index is 514. The molecular weight excluding hydrogens is 180 g/mol. The van der Waals surface area contributed by atoms with Gasteiger partial charge in [0.25, 0.3) is 0 Å². The SMILES string of the molecule is Cc1ccc2nc(C)c(=S)[nH]c2c1. The molecule has 0 spiro atoms. The van der Waals surface area contributed by atoms with Gasteiger partial charge in [-0.15, -0.1) is 0 Å². The summed E-state index contributed by atoms with van der Waals surface area (Å²) < 4.78 is 0.720. The van der Waals surface area contributed by atoms with Gasteiger partial charge in [0.15, 0.2) is 0 Å². The quantitative estimate of drug-likeness (QED) is 0.647. The first-order valence-electron chi connectivity index (χ1n) is 4.14.